The van der Waals surface area contributed by atoms with Gasteiger partial charge in [0.1, 0.15) is 0 Å². The van der Waals surface area contributed by atoms with E-state index in [9.17, 15) is 9.59 Å². The standard InChI is InChI=1S/C23H21Cl2N3O2/c1-28(15-16-7-3-2-4-8-16)23(30)17-9-5-10-18(13-17)27-21(29)14-26-20-12-6-11-19(24)22(20)25/h2-13,26H,14-15H2,1H3,(H,27,29). The fraction of sp³-hybridized carbons (Fsp3) is 0.130. The Bertz CT molecular complexity index is 1040. The second-order valence-corrected chi connectivity index (χ2v) is 7.52. The van der Waals surface area contributed by atoms with Gasteiger partial charge in [-0.3, -0.25) is 9.59 Å². The summed E-state index contributed by atoms with van der Waals surface area (Å²) in [6.45, 7) is 0.507. The molecule has 0 aliphatic rings. The van der Waals surface area contributed by atoms with Crippen LogP contribution in [0.1, 0.15) is 15.9 Å². The molecule has 2 N–H and O–H groups in total. The maximum Gasteiger partial charge on any atom is 0.253 e. The molecule has 5 nitrogen and oxygen atoms in total. The van der Waals surface area contributed by atoms with E-state index in [1.54, 1.807) is 54.4 Å². The van der Waals surface area contributed by atoms with Crippen molar-refractivity contribution in [3.63, 3.8) is 0 Å². The smallest absolute Gasteiger partial charge is 0.253 e. The fourth-order valence-electron chi connectivity index (χ4n) is 2.90. The van der Waals surface area contributed by atoms with Gasteiger partial charge in [0.15, 0.2) is 0 Å². The molecule has 30 heavy (non-hydrogen) atoms. The lowest BCUT2D eigenvalue weighted by Gasteiger charge is -2.18. The number of nitrogens with zero attached hydrogens (tertiary/aromatic N) is 1. The van der Waals surface area contributed by atoms with Crippen molar-refractivity contribution >= 4 is 46.4 Å². The molecule has 0 saturated heterocycles. The van der Waals surface area contributed by atoms with E-state index in [0.29, 0.717) is 33.5 Å². The summed E-state index contributed by atoms with van der Waals surface area (Å²) in [5.74, 6) is -0.396. The minimum Gasteiger partial charge on any atom is -0.375 e. The lowest BCUT2D eigenvalue weighted by molar-refractivity contribution is -0.114. The van der Waals surface area contributed by atoms with Gasteiger partial charge in [-0.2, -0.15) is 0 Å². The topological polar surface area (TPSA) is 61.4 Å². The van der Waals surface area contributed by atoms with Crippen molar-refractivity contribution in [1.82, 2.24) is 4.90 Å². The number of benzene rings is 3. The van der Waals surface area contributed by atoms with E-state index in [0.717, 1.165) is 5.56 Å². The summed E-state index contributed by atoms with van der Waals surface area (Å²) in [4.78, 5) is 26.7. The van der Waals surface area contributed by atoms with Crippen molar-refractivity contribution in [2.45, 2.75) is 6.54 Å². The summed E-state index contributed by atoms with van der Waals surface area (Å²) in [5.41, 5.74) is 2.66. The molecule has 0 bridgehead atoms. The first-order valence-electron chi connectivity index (χ1n) is 9.31. The summed E-state index contributed by atoms with van der Waals surface area (Å²) in [5, 5.41) is 6.51. The molecule has 0 aliphatic heterocycles. The Morgan fingerprint density at radius 3 is 2.43 bits per heavy atom. The maximum atomic E-state index is 12.7. The Labute approximate surface area is 185 Å². The van der Waals surface area contributed by atoms with Crippen LogP contribution < -0.4 is 10.6 Å². The Balaban J connectivity index is 1.59. The average Bonchev–Trinajstić information content (AvgIpc) is 2.75. The molecule has 7 heteroatoms. The third-order valence-electron chi connectivity index (χ3n) is 4.39. The van der Waals surface area contributed by atoms with Gasteiger partial charge in [0.2, 0.25) is 5.91 Å². The van der Waals surface area contributed by atoms with Crippen molar-refractivity contribution in [2.75, 3.05) is 24.2 Å². The van der Waals surface area contributed by atoms with Crippen LogP contribution in [-0.2, 0) is 11.3 Å². The van der Waals surface area contributed by atoms with Crippen molar-refractivity contribution in [3.05, 3.63) is 94.0 Å². The van der Waals surface area contributed by atoms with Gasteiger partial charge in [0.05, 0.1) is 22.3 Å². The molecule has 0 spiro atoms. The number of amides is 2. The number of hydrogen-bond acceptors (Lipinski definition) is 3. The molecule has 3 rings (SSSR count). The van der Waals surface area contributed by atoms with E-state index in [1.165, 1.54) is 0 Å². The minimum absolute atomic E-state index is 0.00610. The highest BCUT2D eigenvalue weighted by atomic mass is 35.5. The van der Waals surface area contributed by atoms with Crippen LogP contribution in [0.4, 0.5) is 11.4 Å². The monoisotopic (exact) mass is 441 g/mol. The zero-order valence-electron chi connectivity index (χ0n) is 16.4. The Morgan fingerprint density at radius 2 is 1.67 bits per heavy atom. The quantitative estimate of drug-likeness (QED) is 0.521. The number of carbonyl (C=O) groups is 2. The maximum absolute atomic E-state index is 12.7. The molecule has 3 aromatic rings. The molecule has 0 heterocycles. The van der Waals surface area contributed by atoms with Gasteiger partial charge >= 0.3 is 0 Å². The Kier molecular flexibility index (Phi) is 7.33. The number of hydrogen-bond donors (Lipinski definition) is 2. The predicted molar refractivity (Wildman–Crippen MR) is 122 cm³/mol. The van der Waals surface area contributed by atoms with Crippen LogP contribution >= 0.6 is 23.2 Å². The van der Waals surface area contributed by atoms with E-state index < -0.39 is 0 Å². The van der Waals surface area contributed by atoms with Crippen LogP contribution in [-0.4, -0.2) is 30.3 Å². The molecule has 2 amide bonds. The molecule has 0 unspecified atom stereocenters. The third-order valence-corrected chi connectivity index (χ3v) is 5.21. The highest BCUT2D eigenvalue weighted by molar-refractivity contribution is 6.43. The van der Waals surface area contributed by atoms with E-state index in [2.05, 4.69) is 10.6 Å². The third kappa shape index (κ3) is 5.75. The number of rotatable bonds is 7. The predicted octanol–water partition coefficient (Wildman–Crippen LogP) is 5.32. The summed E-state index contributed by atoms with van der Waals surface area (Å²) >= 11 is 12.1. The SMILES string of the molecule is CN(Cc1ccccc1)C(=O)c1cccc(NC(=O)CNc2cccc(Cl)c2Cl)c1. The van der Waals surface area contributed by atoms with Gasteiger partial charge < -0.3 is 15.5 Å². The highest BCUT2D eigenvalue weighted by Gasteiger charge is 2.13. The zero-order chi connectivity index (χ0) is 21.5. The first kappa shape index (κ1) is 21.7. The first-order chi connectivity index (χ1) is 14.4. The van der Waals surface area contributed by atoms with Gasteiger partial charge in [-0.05, 0) is 35.9 Å². The normalized spacial score (nSPS) is 10.4. The van der Waals surface area contributed by atoms with Crippen LogP contribution in [0.15, 0.2) is 72.8 Å². The molecular weight excluding hydrogens is 421 g/mol. The number of nitrogens with one attached hydrogen (secondary N) is 2. The van der Waals surface area contributed by atoms with E-state index >= 15 is 0 Å². The molecule has 154 valence electrons. The van der Waals surface area contributed by atoms with Crippen molar-refractivity contribution in [1.29, 1.82) is 0 Å². The van der Waals surface area contributed by atoms with Gasteiger partial charge in [-0.15, -0.1) is 0 Å². The molecule has 3 aromatic carbocycles. The molecule has 0 atom stereocenters. The molecule has 0 saturated carbocycles. The molecule has 0 aromatic heterocycles. The van der Waals surface area contributed by atoms with Gasteiger partial charge in [-0.1, -0.05) is 65.7 Å². The first-order valence-corrected chi connectivity index (χ1v) is 10.1. The van der Waals surface area contributed by atoms with Crippen LogP contribution in [0.3, 0.4) is 0 Å². The average molecular weight is 442 g/mol. The minimum atomic E-state index is -0.270. The number of halogens is 2. The van der Waals surface area contributed by atoms with E-state index in [1.807, 2.05) is 30.3 Å². The fourth-order valence-corrected chi connectivity index (χ4v) is 3.27. The van der Waals surface area contributed by atoms with Crippen molar-refractivity contribution in [2.24, 2.45) is 0 Å². The molecule has 0 aliphatic carbocycles. The molecule has 0 fully saturated rings. The van der Waals surface area contributed by atoms with E-state index in [4.69, 9.17) is 23.2 Å². The van der Waals surface area contributed by atoms with Gasteiger partial charge in [0.25, 0.3) is 5.91 Å². The second kappa shape index (κ2) is 10.1. The van der Waals surface area contributed by atoms with Crippen LogP contribution in [0.2, 0.25) is 10.0 Å². The highest BCUT2D eigenvalue weighted by Crippen LogP contribution is 2.29. The van der Waals surface area contributed by atoms with Crippen molar-refractivity contribution in [3.8, 4) is 0 Å². The molecular formula is C23H21Cl2N3O2. The van der Waals surface area contributed by atoms with Gasteiger partial charge in [0, 0.05) is 24.8 Å². The Morgan fingerprint density at radius 1 is 0.933 bits per heavy atom. The van der Waals surface area contributed by atoms with Crippen LogP contribution in [0.25, 0.3) is 0 Å². The van der Waals surface area contributed by atoms with Crippen LogP contribution in [0, 0.1) is 0 Å². The lowest BCUT2D eigenvalue weighted by Crippen LogP contribution is -2.26. The van der Waals surface area contributed by atoms with Crippen LogP contribution in [0.5, 0.6) is 0 Å². The Hall–Kier alpha value is -3.02. The zero-order valence-corrected chi connectivity index (χ0v) is 17.9. The largest absolute Gasteiger partial charge is 0.375 e. The molecule has 0 radical (unpaired) electrons. The summed E-state index contributed by atoms with van der Waals surface area (Å²) < 4.78 is 0. The second-order valence-electron chi connectivity index (χ2n) is 6.73. The van der Waals surface area contributed by atoms with E-state index in [-0.39, 0.29) is 18.4 Å². The van der Waals surface area contributed by atoms with Crippen molar-refractivity contribution < 1.29 is 9.59 Å². The number of carbonyl (C=O) groups excluding carboxylic acids is 2. The summed E-state index contributed by atoms with van der Waals surface area (Å²) in [6, 6.07) is 21.8. The lowest BCUT2D eigenvalue weighted by atomic mass is 10.1. The van der Waals surface area contributed by atoms with Gasteiger partial charge in [-0.25, -0.2) is 0 Å². The summed E-state index contributed by atoms with van der Waals surface area (Å²) in [6.07, 6.45) is 0. The number of anilines is 2. The summed E-state index contributed by atoms with van der Waals surface area (Å²) in [7, 11) is 1.75.